The van der Waals surface area contributed by atoms with Gasteiger partial charge in [-0.05, 0) is 36.4 Å². The summed E-state index contributed by atoms with van der Waals surface area (Å²) in [5, 5.41) is 13.7. The van der Waals surface area contributed by atoms with E-state index in [0.29, 0.717) is 4.31 Å². The highest BCUT2D eigenvalue weighted by molar-refractivity contribution is 7.92. The quantitative estimate of drug-likeness (QED) is 0.250. The van der Waals surface area contributed by atoms with Gasteiger partial charge in [0.2, 0.25) is 5.91 Å². The molecule has 12 nitrogen and oxygen atoms in total. The molecule has 0 saturated heterocycles. The number of methoxy groups -OCH3 is 2. The van der Waals surface area contributed by atoms with Crippen LogP contribution < -0.4 is 9.62 Å². The number of nitro groups is 1. The van der Waals surface area contributed by atoms with E-state index < -0.39 is 39.3 Å². The average Bonchev–Trinajstić information content (AvgIpc) is 2.91. The fourth-order valence-corrected chi connectivity index (χ4v) is 4.73. The summed E-state index contributed by atoms with van der Waals surface area (Å²) in [4.78, 5) is 47.7. The molecule has 0 aliphatic heterocycles. The van der Waals surface area contributed by atoms with Gasteiger partial charge < -0.3 is 14.8 Å². The molecule has 0 unspecified atom stereocenters. The summed E-state index contributed by atoms with van der Waals surface area (Å²) in [5.41, 5.74) is -0.736. The van der Waals surface area contributed by atoms with Gasteiger partial charge in [-0.1, -0.05) is 24.3 Å². The number of esters is 2. The lowest BCUT2D eigenvalue weighted by molar-refractivity contribution is -0.384. The Morgan fingerprint density at radius 3 is 2.22 bits per heavy atom. The number of nitro benzene ring substituents is 1. The zero-order chi connectivity index (χ0) is 27.2. The highest BCUT2D eigenvalue weighted by Crippen LogP contribution is 2.27. The van der Waals surface area contributed by atoms with E-state index in [9.17, 15) is 32.9 Å². The molecule has 3 aromatic carbocycles. The van der Waals surface area contributed by atoms with Crippen molar-refractivity contribution < 1.29 is 37.2 Å². The molecule has 0 aromatic heterocycles. The van der Waals surface area contributed by atoms with Crippen LogP contribution in [0.2, 0.25) is 0 Å². The zero-order valence-electron chi connectivity index (χ0n) is 19.6. The Labute approximate surface area is 211 Å². The third kappa shape index (κ3) is 6.08. The lowest BCUT2D eigenvalue weighted by Crippen LogP contribution is -2.38. The molecule has 37 heavy (non-hydrogen) atoms. The largest absolute Gasteiger partial charge is 0.465 e. The molecule has 0 bridgehead atoms. The monoisotopic (exact) mass is 527 g/mol. The number of rotatable bonds is 9. The maximum atomic E-state index is 13.4. The van der Waals surface area contributed by atoms with E-state index >= 15 is 0 Å². The molecule has 0 aliphatic carbocycles. The Morgan fingerprint density at radius 1 is 0.919 bits per heavy atom. The average molecular weight is 528 g/mol. The lowest BCUT2D eigenvalue weighted by Gasteiger charge is -2.24. The predicted octanol–water partition coefficient (Wildman–Crippen LogP) is 3.00. The van der Waals surface area contributed by atoms with Gasteiger partial charge in [0.1, 0.15) is 6.54 Å². The van der Waals surface area contributed by atoms with Crippen LogP contribution in [-0.4, -0.2) is 52.0 Å². The number of hydrogen-bond acceptors (Lipinski definition) is 9. The SMILES string of the molecule is COC(=O)c1ccc(C(=O)OC)c(NC(=O)CN(c2cccc([N+](=O)[O-])c2)S(=O)(=O)c2ccccc2)c1. The fourth-order valence-electron chi connectivity index (χ4n) is 3.30. The number of carbonyl (C=O) groups is 3. The minimum Gasteiger partial charge on any atom is -0.465 e. The Morgan fingerprint density at radius 2 is 1.59 bits per heavy atom. The van der Waals surface area contributed by atoms with Crippen molar-refractivity contribution in [1.29, 1.82) is 0 Å². The van der Waals surface area contributed by atoms with Crippen molar-refractivity contribution in [1.82, 2.24) is 0 Å². The summed E-state index contributed by atoms with van der Waals surface area (Å²) >= 11 is 0. The third-order valence-electron chi connectivity index (χ3n) is 5.07. The zero-order valence-corrected chi connectivity index (χ0v) is 20.4. The van der Waals surface area contributed by atoms with Crippen molar-refractivity contribution in [2.45, 2.75) is 4.90 Å². The van der Waals surface area contributed by atoms with Crippen molar-refractivity contribution in [3.05, 3.63) is 94.0 Å². The number of non-ortho nitro benzene ring substituents is 1. The van der Waals surface area contributed by atoms with Crippen LogP contribution in [0, 0.1) is 10.1 Å². The predicted molar refractivity (Wildman–Crippen MR) is 132 cm³/mol. The minimum atomic E-state index is -4.36. The number of anilines is 2. The first-order valence-electron chi connectivity index (χ1n) is 10.5. The van der Waals surface area contributed by atoms with Gasteiger partial charge >= 0.3 is 11.9 Å². The van der Waals surface area contributed by atoms with Gasteiger partial charge in [0, 0.05) is 12.1 Å². The van der Waals surface area contributed by atoms with Crippen molar-refractivity contribution in [3.8, 4) is 0 Å². The van der Waals surface area contributed by atoms with Crippen LogP contribution in [0.5, 0.6) is 0 Å². The number of nitrogens with one attached hydrogen (secondary N) is 1. The summed E-state index contributed by atoms with van der Waals surface area (Å²) in [6.07, 6.45) is 0. The summed E-state index contributed by atoms with van der Waals surface area (Å²) in [6, 6.07) is 15.7. The van der Waals surface area contributed by atoms with Gasteiger partial charge in [-0.3, -0.25) is 19.2 Å². The first-order chi connectivity index (χ1) is 17.6. The molecule has 3 rings (SSSR count). The van der Waals surface area contributed by atoms with Crippen LogP contribution in [0.4, 0.5) is 17.1 Å². The summed E-state index contributed by atoms with van der Waals surface area (Å²) in [7, 11) is -2.08. The van der Waals surface area contributed by atoms with Crippen LogP contribution in [0.25, 0.3) is 0 Å². The molecule has 0 aliphatic rings. The van der Waals surface area contributed by atoms with Crippen LogP contribution in [-0.2, 0) is 24.3 Å². The molecule has 0 saturated carbocycles. The normalized spacial score (nSPS) is 10.8. The summed E-state index contributed by atoms with van der Waals surface area (Å²) in [5.74, 6) is -2.46. The van der Waals surface area contributed by atoms with Gasteiger partial charge in [0.25, 0.3) is 15.7 Å². The number of ether oxygens (including phenoxy) is 2. The lowest BCUT2D eigenvalue weighted by atomic mass is 10.1. The number of carbonyl (C=O) groups excluding carboxylic acids is 3. The molecule has 0 radical (unpaired) electrons. The van der Waals surface area contributed by atoms with Gasteiger partial charge in [-0.25, -0.2) is 18.0 Å². The Kier molecular flexibility index (Phi) is 8.19. The van der Waals surface area contributed by atoms with Gasteiger partial charge in [0.05, 0.1) is 46.5 Å². The topological polar surface area (TPSA) is 162 Å². The second-order valence-corrected chi connectivity index (χ2v) is 9.26. The second kappa shape index (κ2) is 11.3. The number of nitrogens with zero attached hydrogens (tertiary/aromatic N) is 2. The van der Waals surface area contributed by atoms with Crippen molar-refractivity contribution in [3.63, 3.8) is 0 Å². The minimum absolute atomic E-state index is 0.0119. The molecule has 0 fully saturated rings. The number of hydrogen-bond donors (Lipinski definition) is 1. The van der Waals surface area contributed by atoms with E-state index in [4.69, 9.17) is 4.74 Å². The summed E-state index contributed by atoms with van der Waals surface area (Å²) < 4.78 is 37.0. The molecule has 192 valence electrons. The van der Waals surface area contributed by atoms with E-state index in [1.54, 1.807) is 6.07 Å². The number of benzene rings is 3. The van der Waals surface area contributed by atoms with E-state index in [1.807, 2.05) is 0 Å². The van der Waals surface area contributed by atoms with E-state index in [1.165, 1.54) is 60.7 Å². The molecule has 1 amide bonds. The standard InChI is InChI=1S/C24H21N3O9S/c1-35-23(29)16-11-12-20(24(30)36-2)21(13-16)25-22(28)15-26(17-7-6-8-18(14-17)27(31)32)37(33,34)19-9-4-3-5-10-19/h3-14H,15H2,1-2H3,(H,25,28). The van der Waals surface area contributed by atoms with Crippen LogP contribution in [0.15, 0.2) is 77.7 Å². The second-order valence-electron chi connectivity index (χ2n) is 7.39. The van der Waals surface area contributed by atoms with Crippen LogP contribution in [0.3, 0.4) is 0 Å². The molecule has 1 N–H and O–H groups in total. The molecule has 0 heterocycles. The Balaban J connectivity index is 2.04. The Bertz CT molecular complexity index is 1460. The van der Waals surface area contributed by atoms with Crippen molar-refractivity contribution >= 4 is 44.9 Å². The maximum Gasteiger partial charge on any atom is 0.339 e. The van der Waals surface area contributed by atoms with Crippen molar-refractivity contribution in [2.24, 2.45) is 0 Å². The van der Waals surface area contributed by atoms with Gasteiger partial charge in [0.15, 0.2) is 0 Å². The highest BCUT2D eigenvalue weighted by atomic mass is 32.2. The molecular formula is C24H21N3O9S. The molecule has 13 heteroatoms. The highest BCUT2D eigenvalue weighted by Gasteiger charge is 2.29. The maximum absolute atomic E-state index is 13.4. The van der Waals surface area contributed by atoms with E-state index in [-0.39, 0.29) is 33.1 Å². The van der Waals surface area contributed by atoms with E-state index in [0.717, 1.165) is 20.3 Å². The Hall–Kier alpha value is -4.78. The van der Waals surface area contributed by atoms with Crippen LogP contribution in [0.1, 0.15) is 20.7 Å². The van der Waals surface area contributed by atoms with Crippen LogP contribution >= 0.6 is 0 Å². The molecular weight excluding hydrogens is 506 g/mol. The smallest absolute Gasteiger partial charge is 0.339 e. The molecule has 0 spiro atoms. The third-order valence-corrected chi connectivity index (χ3v) is 6.86. The molecule has 0 atom stereocenters. The first kappa shape index (κ1) is 26.8. The van der Waals surface area contributed by atoms with E-state index in [2.05, 4.69) is 10.1 Å². The number of sulfonamides is 1. The fraction of sp³-hybridized carbons (Fsp3) is 0.125. The first-order valence-corrected chi connectivity index (χ1v) is 11.9. The molecule has 3 aromatic rings. The van der Waals surface area contributed by atoms with Gasteiger partial charge in [-0.15, -0.1) is 0 Å². The van der Waals surface area contributed by atoms with Gasteiger partial charge in [-0.2, -0.15) is 0 Å². The summed E-state index contributed by atoms with van der Waals surface area (Å²) in [6.45, 7) is -0.818. The number of amides is 1. The van der Waals surface area contributed by atoms with Crippen molar-refractivity contribution in [2.75, 3.05) is 30.4 Å².